The van der Waals surface area contributed by atoms with Gasteiger partial charge in [0.05, 0.1) is 6.20 Å². The van der Waals surface area contributed by atoms with Crippen molar-refractivity contribution in [3.63, 3.8) is 0 Å². The van der Waals surface area contributed by atoms with Crippen LogP contribution in [0, 0.1) is 0 Å². The number of benzene rings is 3. The fraction of sp³-hybridized carbons (Fsp3) is 0.148. The molecule has 0 unspecified atom stereocenters. The number of anilines is 2. The predicted octanol–water partition coefficient (Wildman–Crippen LogP) is 4.43. The summed E-state index contributed by atoms with van der Waals surface area (Å²) in [6.45, 7) is 0.0289. The molecule has 0 spiro atoms. The molecule has 2 amide bonds. The van der Waals surface area contributed by atoms with Gasteiger partial charge in [-0.2, -0.15) is 5.10 Å². The normalized spacial score (nSPS) is 11.0. The van der Waals surface area contributed by atoms with Gasteiger partial charge in [0.1, 0.15) is 17.0 Å². The fourth-order valence-corrected chi connectivity index (χ4v) is 4.17. The zero-order valence-electron chi connectivity index (χ0n) is 19.3. The smallest absolute Gasteiger partial charge is 0.404 e. The number of nitrogens with one attached hydrogen (secondary N) is 3. The SMILES string of the molecule is CN(C(=O)CCNC(=O)O)c1cn[nH]c1NC(c1ccccc1)(c1ccccc1)c1ccccc1. The van der Waals surface area contributed by atoms with Crippen molar-refractivity contribution in [1.82, 2.24) is 15.5 Å². The van der Waals surface area contributed by atoms with Crippen molar-refractivity contribution in [2.24, 2.45) is 0 Å². The first-order valence-electron chi connectivity index (χ1n) is 11.2. The topological polar surface area (TPSA) is 110 Å². The third kappa shape index (κ3) is 5.01. The number of carbonyl (C=O) groups excluding carboxylic acids is 1. The third-order valence-corrected chi connectivity index (χ3v) is 5.90. The Bertz CT molecular complexity index is 1160. The molecular formula is C27H27N5O3. The minimum absolute atomic E-state index is 0.0224. The van der Waals surface area contributed by atoms with Crippen LogP contribution in [-0.2, 0) is 10.3 Å². The lowest BCUT2D eigenvalue weighted by atomic mass is 9.77. The molecule has 0 saturated carbocycles. The molecule has 0 aliphatic carbocycles. The number of aromatic amines is 1. The average Bonchev–Trinajstić information content (AvgIpc) is 3.36. The molecule has 4 N–H and O–H groups in total. The van der Waals surface area contributed by atoms with Crippen molar-refractivity contribution in [2.45, 2.75) is 12.0 Å². The van der Waals surface area contributed by atoms with E-state index in [4.69, 9.17) is 5.11 Å². The van der Waals surface area contributed by atoms with E-state index in [1.54, 1.807) is 13.2 Å². The molecule has 8 heteroatoms. The minimum atomic E-state index is -1.16. The number of nitrogens with zero attached hydrogens (tertiary/aromatic N) is 2. The Labute approximate surface area is 203 Å². The highest BCUT2D eigenvalue weighted by atomic mass is 16.4. The summed E-state index contributed by atoms with van der Waals surface area (Å²) in [5.41, 5.74) is 2.80. The van der Waals surface area contributed by atoms with Gasteiger partial charge in [0, 0.05) is 20.0 Å². The van der Waals surface area contributed by atoms with Crippen LogP contribution < -0.4 is 15.5 Å². The van der Waals surface area contributed by atoms with Crippen molar-refractivity contribution in [2.75, 3.05) is 23.8 Å². The monoisotopic (exact) mass is 469 g/mol. The van der Waals surface area contributed by atoms with Crippen molar-refractivity contribution < 1.29 is 14.7 Å². The quantitative estimate of drug-likeness (QED) is 0.271. The van der Waals surface area contributed by atoms with E-state index in [0.29, 0.717) is 11.5 Å². The first-order chi connectivity index (χ1) is 17.0. The van der Waals surface area contributed by atoms with E-state index >= 15 is 0 Å². The molecule has 0 aliphatic rings. The maximum Gasteiger partial charge on any atom is 0.404 e. The van der Waals surface area contributed by atoms with E-state index < -0.39 is 11.6 Å². The van der Waals surface area contributed by atoms with Gasteiger partial charge >= 0.3 is 6.09 Å². The lowest BCUT2D eigenvalue weighted by Crippen LogP contribution is -2.39. The number of aromatic nitrogens is 2. The maximum absolute atomic E-state index is 12.8. The van der Waals surface area contributed by atoms with Crippen LogP contribution in [0.15, 0.2) is 97.2 Å². The Morgan fingerprint density at radius 2 is 1.37 bits per heavy atom. The van der Waals surface area contributed by atoms with Crippen LogP contribution >= 0.6 is 0 Å². The van der Waals surface area contributed by atoms with Crippen molar-refractivity contribution in [1.29, 1.82) is 0 Å². The van der Waals surface area contributed by atoms with Gasteiger partial charge in [-0.25, -0.2) is 4.79 Å². The zero-order valence-corrected chi connectivity index (χ0v) is 19.3. The van der Waals surface area contributed by atoms with Crippen LogP contribution in [0.4, 0.5) is 16.3 Å². The van der Waals surface area contributed by atoms with Crippen molar-refractivity contribution in [3.05, 3.63) is 114 Å². The van der Waals surface area contributed by atoms with Crippen LogP contribution in [0.5, 0.6) is 0 Å². The highest BCUT2D eigenvalue weighted by Crippen LogP contribution is 2.41. The summed E-state index contributed by atoms with van der Waals surface area (Å²) < 4.78 is 0. The van der Waals surface area contributed by atoms with E-state index in [0.717, 1.165) is 16.7 Å². The zero-order chi connectivity index (χ0) is 24.7. The van der Waals surface area contributed by atoms with Crippen LogP contribution in [0.3, 0.4) is 0 Å². The number of hydrogen-bond acceptors (Lipinski definition) is 4. The molecule has 0 saturated heterocycles. The maximum atomic E-state index is 12.8. The Morgan fingerprint density at radius 3 is 1.83 bits per heavy atom. The summed E-state index contributed by atoms with van der Waals surface area (Å²) in [7, 11) is 1.65. The second-order valence-electron chi connectivity index (χ2n) is 8.04. The number of hydrogen-bond donors (Lipinski definition) is 4. The number of rotatable bonds is 9. The largest absolute Gasteiger partial charge is 0.465 e. The lowest BCUT2D eigenvalue weighted by molar-refractivity contribution is -0.118. The number of carbonyl (C=O) groups is 2. The van der Waals surface area contributed by atoms with Crippen LogP contribution in [0.2, 0.25) is 0 Å². The van der Waals surface area contributed by atoms with Gasteiger partial charge in [-0.1, -0.05) is 91.0 Å². The Hall–Kier alpha value is -4.59. The summed E-state index contributed by atoms with van der Waals surface area (Å²) in [6, 6.07) is 30.3. The van der Waals surface area contributed by atoms with Gasteiger partial charge in [0.15, 0.2) is 0 Å². The van der Waals surface area contributed by atoms with E-state index in [1.165, 1.54) is 4.90 Å². The molecule has 4 aromatic rings. The Kier molecular flexibility index (Phi) is 7.11. The standard InChI is InChI=1S/C27H27N5O3/c1-32(24(33)17-18-28-26(34)35)23-19-29-31-25(23)30-27(20-11-5-2-6-12-20,21-13-7-3-8-14-21)22-15-9-4-10-16-22/h2-16,19,28H,17-18H2,1H3,(H,34,35)(H2,29,30,31). The van der Waals surface area contributed by atoms with E-state index in [9.17, 15) is 9.59 Å². The molecule has 0 aliphatic heterocycles. The Balaban J connectivity index is 1.79. The molecule has 0 fully saturated rings. The molecule has 35 heavy (non-hydrogen) atoms. The fourth-order valence-electron chi connectivity index (χ4n) is 4.17. The summed E-state index contributed by atoms with van der Waals surface area (Å²) in [4.78, 5) is 25.0. The summed E-state index contributed by atoms with van der Waals surface area (Å²) in [6.07, 6.45) is 0.440. The van der Waals surface area contributed by atoms with Crippen molar-refractivity contribution >= 4 is 23.5 Å². The first-order valence-corrected chi connectivity index (χ1v) is 11.2. The molecule has 8 nitrogen and oxygen atoms in total. The molecule has 0 atom stereocenters. The molecule has 0 bridgehead atoms. The molecule has 4 rings (SSSR count). The predicted molar refractivity (Wildman–Crippen MR) is 135 cm³/mol. The van der Waals surface area contributed by atoms with Gasteiger partial charge in [-0.3, -0.25) is 9.89 Å². The molecule has 1 aromatic heterocycles. The van der Waals surface area contributed by atoms with Gasteiger partial charge in [0.25, 0.3) is 0 Å². The van der Waals surface area contributed by atoms with E-state index in [1.807, 2.05) is 54.6 Å². The van der Waals surface area contributed by atoms with Gasteiger partial charge in [-0.05, 0) is 16.7 Å². The summed E-state index contributed by atoms with van der Waals surface area (Å²) in [5.74, 6) is 0.316. The van der Waals surface area contributed by atoms with Crippen LogP contribution in [0.1, 0.15) is 23.1 Å². The third-order valence-electron chi connectivity index (χ3n) is 5.90. The van der Waals surface area contributed by atoms with Gasteiger partial charge in [-0.15, -0.1) is 0 Å². The molecule has 0 radical (unpaired) electrons. The minimum Gasteiger partial charge on any atom is -0.465 e. The van der Waals surface area contributed by atoms with Crippen LogP contribution in [-0.4, -0.2) is 40.9 Å². The first kappa shape index (κ1) is 23.6. The van der Waals surface area contributed by atoms with Gasteiger partial charge in [0.2, 0.25) is 5.91 Å². The van der Waals surface area contributed by atoms with Crippen molar-refractivity contribution in [3.8, 4) is 0 Å². The highest BCUT2D eigenvalue weighted by molar-refractivity contribution is 5.95. The average molecular weight is 470 g/mol. The number of H-pyrrole nitrogens is 1. The summed E-state index contributed by atoms with van der Waals surface area (Å²) in [5, 5.41) is 21.9. The molecule has 3 aromatic carbocycles. The number of carboxylic acid groups (broad SMARTS) is 1. The number of amides is 2. The van der Waals surface area contributed by atoms with Gasteiger partial charge < -0.3 is 20.6 Å². The van der Waals surface area contributed by atoms with E-state index in [-0.39, 0.29) is 18.9 Å². The Morgan fingerprint density at radius 1 is 0.886 bits per heavy atom. The summed E-state index contributed by atoms with van der Waals surface area (Å²) >= 11 is 0. The second kappa shape index (κ2) is 10.6. The lowest BCUT2D eigenvalue weighted by Gasteiger charge is -2.37. The van der Waals surface area contributed by atoms with E-state index in [2.05, 4.69) is 57.2 Å². The van der Waals surface area contributed by atoms with Crippen LogP contribution in [0.25, 0.3) is 0 Å². The highest BCUT2D eigenvalue weighted by Gasteiger charge is 2.37. The molecule has 178 valence electrons. The molecule has 1 heterocycles. The molecular weight excluding hydrogens is 442 g/mol. The second-order valence-corrected chi connectivity index (χ2v) is 8.04.